The first-order chi connectivity index (χ1) is 10.2. The number of anilines is 1. The number of hydrogen-bond donors (Lipinski definition) is 1. The van der Waals surface area contributed by atoms with Crippen LogP contribution in [0.5, 0.6) is 0 Å². The van der Waals surface area contributed by atoms with Crippen LogP contribution >= 0.6 is 0 Å². The number of nitrogens with one attached hydrogen (secondary N) is 1. The zero-order valence-electron chi connectivity index (χ0n) is 12.4. The molecule has 1 N–H and O–H groups in total. The number of amides is 1. The SMILES string of the molecule is CCNc1cnc(C(=O)N(CC)Cc2ccccc2)cn1. The van der Waals surface area contributed by atoms with E-state index < -0.39 is 0 Å². The molecule has 0 aliphatic rings. The van der Waals surface area contributed by atoms with Gasteiger partial charge in [-0.15, -0.1) is 0 Å². The lowest BCUT2D eigenvalue weighted by Gasteiger charge is -2.20. The van der Waals surface area contributed by atoms with E-state index in [1.807, 2.05) is 44.2 Å². The molecule has 0 aliphatic carbocycles. The van der Waals surface area contributed by atoms with E-state index in [9.17, 15) is 4.79 Å². The molecular formula is C16H20N4O. The Balaban J connectivity index is 2.08. The van der Waals surface area contributed by atoms with Gasteiger partial charge in [0.15, 0.2) is 0 Å². The highest BCUT2D eigenvalue weighted by atomic mass is 16.2. The number of carbonyl (C=O) groups is 1. The topological polar surface area (TPSA) is 58.1 Å². The highest BCUT2D eigenvalue weighted by Gasteiger charge is 2.16. The van der Waals surface area contributed by atoms with Crippen molar-refractivity contribution in [2.45, 2.75) is 20.4 Å². The van der Waals surface area contributed by atoms with Crippen molar-refractivity contribution >= 4 is 11.7 Å². The van der Waals surface area contributed by atoms with E-state index in [4.69, 9.17) is 0 Å². The lowest BCUT2D eigenvalue weighted by molar-refractivity contribution is 0.0746. The third kappa shape index (κ3) is 4.02. The summed E-state index contributed by atoms with van der Waals surface area (Å²) in [5, 5.41) is 3.06. The summed E-state index contributed by atoms with van der Waals surface area (Å²) in [7, 11) is 0. The van der Waals surface area contributed by atoms with E-state index in [1.165, 1.54) is 6.20 Å². The Kier molecular flexibility index (Phi) is 5.26. The number of benzene rings is 1. The van der Waals surface area contributed by atoms with Crippen molar-refractivity contribution in [3.8, 4) is 0 Å². The minimum atomic E-state index is -0.100. The third-order valence-corrected chi connectivity index (χ3v) is 3.11. The molecule has 0 saturated carbocycles. The molecule has 5 nitrogen and oxygen atoms in total. The molecule has 0 bridgehead atoms. The lowest BCUT2D eigenvalue weighted by Crippen LogP contribution is -2.31. The summed E-state index contributed by atoms with van der Waals surface area (Å²) in [6.07, 6.45) is 3.11. The Labute approximate surface area is 125 Å². The van der Waals surface area contributed by atoms with Gasteiger partial charge in [-0.3, -0.25) is 4.79 Å². The molecule has 0 saturated heterocycles. The van der Waals surface area contributed by atoms with Crippen molar-refractivity contribution in [2.24, 2.45) is 0 Å². The number of rotatable bonds is 6. The van der Waals surface area contributed by atoms with Crippen molar-refractivity contribution in [3.05, 3.63) is 54.0 Å². The molecule has 21 heavy (non-hydrogen) atoms. The summed E-state index contributed by atoms with van der Waals surface area (Å²) in [5.41, 5.74) is 1.47. The molecule has 0 atom stereocenters. The van der Waals surface area contributed by atoms with Gasteiger partial charge in [-0.2, -0.15) is 0 Å². The molecule has 0 radical (unpaired) electrons. The van der Waals surface area contributed by atoms with Crippen molar-refractivity contribution < 1.29 is 4.79 Å². The maximum absolute atomic E-state index is 12.5. The summed E-state index contributed by atoms with van der Waals surface area (Å²) >= 11 is 0. The normalized spacial score (nSPS) is 10.2. The van der Waals surface area contributed by atoms with Gasteiger partial charge in [-0.25, -0.2) is 9.97 Å². The van der Waals surface area contributed by atoms with Crippen LogP contribution in [0.4, 0.5) is 5.82 Å². The number of hydrogen-bond acceptors (Lipinski definition) is 4. The van der Waals surface area contributed by atoms with Crippen LogP contribution in [0.3, 0.4) is 0 Å². The zero-order valence-corrected chi connectivity index (χ0v) is 12.4. The first kappa shape index (κ1) is 15.0. The van der Waals surface area contributed by atoms with Crippen LogP contribution in [-0.2, 0) is 6.54 Å². The largest absolute Gasteiger partial charge is 0.369 e. The summed E-state index contributed by atoms with van der Waals surface area (Å²) < 4.78 is 0. The van der Waals surface area contributed by atoms with Gasteiger partial charge >= 0.3 is 0 Å². The molecule has 0 unspecified atom stereocenters. The lowest BCUT2D eigenvalue weighted by atomic mass is 10.2. The van der Waals surface area contributed by atoms with Gasteiger partial charge < -0.3 is 10.2 Å². The minimum Gasteiger partial charge on any atom is -0.369 e. The predicted molar refractivity (Wildman–Crippen MR) is 83.1 cm³/mol. The van der Waals surface area contributed by atoms with Crippen LogP contribution in [0.1, 0.15) is 29.9 Å². The van der Waals surface area contributed by atoms with Gasteiger partial charge in [0.25, 0.3) is 5.91 Å². The van der Waals surface area contributed by atoms with Gasteiger partial charge in [-0.05, 0) is 19.4 Å². The molecule has 2 aromatic rings. The van der Waals surface area contributed by atoms with Crippen molar-refractivity contribution in [1.82, 2.24) is 14.9 Å². The first-order valence-electron chi connectivity index (χ1n) is 7.13. The fourth-order valence-electron chi connectivity index (χ4n) is 2.00. The molecule has 110 valence electrons. The Hall–Kier alpha value is -2.43. The maximum atomic E-state index is 12.5. The van der Waals surface area contributed by atoms with Gasteiger partial charge in [-0.1, -0.05) is 30.3 Å². The van der Waals surface area contributed by atoms with Crippen molar-refractivity contribution in [1.29, 1.82) is 0 Å². The van der Waals surface area contributed by atoms with E-state index >= 15 is 0 Å². The monoisotopic (exact) mass is 284 g/mol. The van der Waals surface area contributed by atoms with Gasteiger partial charge in [0.05, 0.1) is 12.4 Å². The molecule has 1 aromatic carbocycles. The van der Waals surface area contributed by atoms with E-state index in [2.05, 4.69) is 15.3 Å². The maximum Gasteiger partial charge on any atom is 0.274 e. The smallest absolute Gasteiger partial charge is 0.274 e. The number of aromatic nitrogens is 2. The van der Waals surface area contributed by atoms with Crippen LogP contribution in [0, 0.1) is 0 Å². The predicted octanol–water partition coefficient (Wildman–Crippen LogP) is 2.57. The van der Waals surface area contributed by atoms with Crippen molar-refractivity contribution in [2.75, 3.05) is 18.4 Å². The molecule has 0 fully saturated rings. The number of carbonyl (C=O) groups excluding carboxylic acids is 1. The molecule has 2 rings (SSSR count). The van der Waals surface area contributed by atoms with Crippen LogP contribution in [0.25, 0.3) is 0 Å². The number of nitrogens with zero attached hydrogens (tertiary/aromatic N) is 3. The second kappa shape index (κ2) is 7.38. The second-order valence-corrected chi connectivity index (χ2v) is 4.62. The average molecular weight is 284 g/mol. The van der Waals surface area contributed by atoms with E-state index in [0.717, 1.165) is 12.1 Å². The van der Waals surface area contributed by atoms with Crippen LogP contribution in [0.2, 0.25) is 0 Å². The summed E-state index contributed by atoms with van der Waals surface area (Å²) in [4.78, 5) is 22.6. The van der Waals surface area contributed by atoms with Crippen LogP contribution in [-0.4, -0.2) is 33.9 Å². The quantitative estimate of drug-likeness (QED) is 0.885. The Bertz CT molecular complexity index is 569. The first-order valence-corrected chi connectivity index (χ1v) is 7.13. The molecule has 1 amide bonds. The van der Waals surface area contributed by atoms with Gasteiger partial charge in [0.1, 0.15) is 11.5 Å². The zero-order chi connectivity index (χ0) is 15.1. The van der Waals surface area contributed by atoms with E-state index in [0.29, 0.717) is 24.6 Å². The highest BCUT2D eigenvalue weighted by molar-refractivity contribution is 5.92. The minimum absolute atomic E-state index is 0.100. The van der Waals surface area contributed by atoms with Crippen molar-refractivity contribution in [3.63, 3.8) is 0 Å². The van der Waals surface area contributed by atoms with Crippen LogP contribution in [0.15, 0.2) is 42.7 Å². The fourth-order valence-corrected chi connectivity index (χ4v) is 2.00. The summed E-state index contributed by atoms with van der Waals surface area (Å²) in [5.74, 6) is 0.581. The van der Waals surface area contributed by atoms with Gasteiger partial charge in [0, 0.05) is 19.6 Å². The molecule has 5 heteroatoms. The van der Waals surface area contributed by atoms with Gasteiger partial charge in [0.2, 0.25) is 0 Å². The second-order valence-electron chi connectivity index (χ2n) is 4.62. The molecule has 1 aromatic heterocycles. The standard InChI is InChI=1S/C16H20N4O/c1-3-17-15-11-18-14(10-19-15)16(21)20(4-2)12-13-8-6-5-7-9-13/h5-11H,3-4,12H2,1-2H3,(H,17,19). The molecule has 0 aliphatic heterocycles. The van der Waals surface area contributed by atoms with E-state index in [-0.39, 0.29) is 5.91 Å². The Morgan fingerprint density at radius 1 is 1.14 bits per heavy atom. The fraction of sp³-hybridized carbons (Fsp3) is 0.312. The van der Waals surface area contributed by atoms with Crippen LogP contribution < -0.4 is 5.32 Å². The molecule has 0 spiro atoms. The van der Waals surface area contributed by atoms with E-state index in [1.54, 1.807) is 11.1 Å². The average Bonchev–Trinajstić information content (AvgIpc) is 2.54. The third-order valence-electron chi connectivity index (χ3n) is 3.11. The summed E-state index contributed by atoms with van der Waals surface area (Å²) in [6.45, 7) is 5.93. The Morgan fingerprint density at radius 3 is 2.48 bits per heavy atom. The highest BCUT2D eigenvalue weighted by Crippen LogP contribution is 2.09. The molecular weight excluding hydrogens is 264 g/mol. The summed E-state index contributed by atoms with van der Waals surface area (Å²) in [6, 6.07) is 9.93. The molecule has 1 heterocycles. The Morgan fingerprint density at radius 2 is 1.90 bits per heavy atom.